The molecular weight excluding hydrogens is 306 g/mol. The number of aromatic nitrogens is 2. The van der Waals surface area contributed by atoms with Crippen molar-refractivity contribution < 1.29 is 14.0 Å². The quantitative estimate of drug-likeness (QED) is 0.863. The van der Waals surface area contributed by atoms with E-state index in [1.165, 1.54) is 11.1 Å². The molecule has 128 valence electrons. The molecule has 6 heteroatoms. The van der Waals surface area contributed by atoms with Crippen LogP contribution in [0.2, 0.25) is 0 Å². The van der Waals surface area contributed by atoms with Crippen molar-refractivity contribution in [2.75, 3.05) is 19.8 Å². The van der Waals surface area contributed by atoms with Crippen molar-refractivity contribution in [2.24, 2.45) is 0 Å². The summed E-state index contributed by atoms with van der Waals surface area (Å²) in [6.45, 7) is 9.01. The van der Waals surface area contributed by atoms with Crippen LogP contribution < -0.4 is 4.74 Å². The second kappa shape index (κ2) is 5.86. The Morgan fingerprint density at radius 1 is 1.33 bits per heavy atom. The number of ether oxygens (including phenoxy) is 2. The molecule has 2 aliphatic rings. The summed E-state index contributed by atoms with van der Waals surface area (Å²) in [5.41, 5.74) is 2.36. The van der Waals surface area contributed by atoms with Gasteiger partial charge in [0.25, 0.3) is 0 Å². The van der Waals surface area contributed by atoms with Crippen molar-refractivity contribution in [3.8, 4) is 5.75 Å². The minimum absolute atomic E-state index is 0.00906. The molecule has 1 unspecified atom stereocenters. The van der Waals surface area contributed by atoms with Crippen LogP contribution >= 0.6 is 0 Å². The first-order valence-corrected chi connectivity index (χ1v) is 8.44. The number of benzene rings is 1. The third-order valence-electron chi connectivity index (χ3n) is 4.61. The van der Waals surface area contributed by atoms with Gasteiger partial charge in [0, 0.05) is 25.1 Å². The largest absolute Gasteiger partial charge is 0.487 e. The maximum atomic E-state index is 6.20. The molecule has 3 heterocycles. The van der Waals surface area contributed by atoms with Crippen LogP contribution in [0, 0.1) is 6.92 Å². The second-order valence-corrected chi connectivity index (χ2v) is 7.18. The lowest BCUT2D eigenvalue weighted by Crippen LogP contribution is -2.39. The van der Waals surface area contributed by atoms with Crippen LogP contribution in [0.4, 0.5) is 0 Å². The van der Waals surface area contributed by atoms with Gasteiger partial charge in [-0.3, -0.25) is 4.90 Å². The highest BCUT2D eigenvalue weighted by atomic mass is 16.5. The summed E-state index contributed by atoms with van der Waals surface area (Å²) in [6.07, 6.45) is 0.950. The Labute approximate surface area is 141 Å². The molecule has 1 saturated heterocycles. The Morgan fingerprint density at radius 2 is 2.21 bits per heavy atom. The fourth-order valence-electron chi connectivity index (χ4n) is 3.53. The summed E-state index contributed by atoms with van der Waals surface area (Å²) in [6, 6.07) is 6.41. The van der Waals surface area contributed by atoms with Gasteiger partial charge in [0.05, 0.1) is 13.2 Å². The van der Waals surface area contributed by atoms with Crippen molar-refractivity contribution in [1.82, 2.24) is 15.0 Å². The normalized spacial score (nSPS) is 23.0. The van der Waals surface area contributed by atoms with Gasteiger partial charge in [-0.2, -0.15) is 4.98 Å². The maximum Gasteiger partial charge on any atom is 0.246 e. The molecule has 6 nitrogen and oxygen atoms in total. The van der Waals surface area contributed by atoms with E-state index in [1.807, 2.05) is 6.92 Å². The predicted octanol–water partition coefficient (Wildman–Crippen LogP) is 2.67. The topological polar surface area (TPSA) is 60.6 Å². The molecule has 2 aliphatic heterocycles. The maximum absolute atomic E-state index is 6.20. The molecule has 0 radical (unpaired) electrons. The van der Waals surface area contributed by atoms with Gasteiger partial charge in [0.1, 0.15) is 17.4 Å². The molecule has 1 aromatic heterocycles. The molecule has 0 bridgehead atoms. The smallest absolute Gasteiger partial charge is 0.246 e. The van der Waals surface area contributed by atoms with E-state index in [0.717, 1.165) is 25.3 Å². The van der Waals surface area contributed by atoms with Gasteiger partial charge in [0.15, 0.2) is 5.82 Å². The second-order valence-electron chi connectivity index (χ2n) is 7.18. The van der Waals surface area contributed by atoms with Crippen LogP contribution in [0.5, 0.6) is 5.75 Å². The van der Waals surface area contributed by atoms with E-state index in [2.05, 4.69) is 47.1 Å². The number of morpholine rings is 1. The number of hydrogen-bond donors (Lipinski definition) is 0. The van der Waals surface area contributed by atoms with Crippen LogP contribution in [0.25, 0.3) is 0 Å². The van der Waals surface area contributed by atoms with E-state index >= 15 is 0 Å². The monoisotopic (exact) mass is 329 g/mol. The standard InChI is InChI=1S/C18H23N3O3/c1-12-19-17(24-20-12)15-11-22-8-7-21(15)10-14-6-4-5-13-9-18(2,3)23-16(13)14/h4-6,15H,7-11H2,1-3H3. The Bertz CT molecular complexity index is 741. The van der Waals surface area contributed by atoms with E-state index in [9.17, 15) is 0 Å². The summed E-state index contributed by atoms with van der Waals surface area (Å²) in [5.74, 6) is 2.32. The van der Waals surface area contributed by atoms with Gasteiger partial charge in [-0.1, -0.05) is 23.4 Å². The summed E-state index contributed by atoms with van der Waals surface area (Å²) in [5, 5.41) is 3.92. The summed E-state index contributed by atoms with van der Waals surface area (Å²) in [4.78, 5) is 6.73. The van der Waals surface area contributed by atoms with E-state index in [4.69, 9.17) is 14.0 Å². The molecule has 4 rings (SSSR count). The molecule has 2 aromatic rings. The van der Waals surface area contributed by atoms with Gasteiger partial charge >= 0.3 is 0 Å². The third kappa shape index (κ3) is 2.91. The number of fused-ring (bicyclic) bond motifs is 1. The Hall–Kier alpha value is -1.92. The van der Waals surface area contributed by atoms with Crippen LogP contribution in [0.3, 0.4) is 0 Å². The molecule has 1 aromatic carbocycles. The van der Waals surface area contributed by atoms with E-state index < -0.39 is 0 Å². The van der Waals surface area contributed by atoms with Crippen LogP contribution in [0.1, 0.15) is 42.7 Å². The van der Waals surface area contributed by atoms with Crippen LogP contribution in [-0.2, 0) is 17.7 Å². The van der Waals surface area contributed by atoms with Gasteiger partial charge in [-0.15, -0.1) is 0 Å². The van der Waals surface area contributed by atoms with Gasteiger partial charge in [-0.25, -0.2) is 0 Å². The highest BCUT2D eigenvalue weighted by molar-refractivity contribution is 5.45. The highest BCUT2D eigenvalue weighted by Gasteiger charge is 2.34. The molecule has 0 aliphatic carbocycles. The summed E-state index contributed by atoms with van der Waals surface area (Å²) >= 11 is 0. The average molecular weight is 329 g/mol. The first-order chi connectivity index (χ1) is 11.5. The molecule has 24 heavy (non-hydrogen) atoms. The first kappa shape index (κ1) is 15.6. The Balaban J connectivity index is 1.59. The fraction of sp³-hybridized carbons (Fsp3) is 0.556. The number of para-hydroxylation sites is 1. The Kier molecular flexibility index (Phi) is 3.81. The number of hydrogen-bond acceptors (Lipinski definition) is 6. The Morgan fingerprint density at radius 3 is 3.00 bits per heavy atom. The molecular formula is C18H23N3O3. The van der Waals surface area contributed by atoms with Crippen LogP contribution in [-0.4, -0.2) is 40.4 Å². The number of rotatable bonds is 3. The zero-order valence-electron chi connectivity index (χ0n) is 14.4. The SMILES string of the molecule is Cc1noc(C2COCCN2Cc2cccc3c2OC(C)(C)C3)n1. The van der Waals surface area contributed by atoms with Crippen molar-refractivity contribution in [3.05, 3.63) is 41.0 Å². The first-order valence-electron chi connectivity index (χ1n) is 8.44. The summed E-state index contributed by atoms with van der Waals surface area (Å²) in [7, 11) is 0. The van der Waals surface area contributed by atoms with Crippen molar-refractivity contribution in [2.45, 2.75) is 45.4 Å². The predicted molar refractivity (Wildman–Crippen MR) is 87.9 cm³/mol. The highest BCUT2D eigenvalue weighted by Crippen LogP contribution is 2.39. The van der Waals surface area contributed by atoms with Gasteiger partial charge in [0.2, 0.25) is 5.89 Å². The van der Waals surface area contributed by atoms with Gasteiger partial charge in [-0.05, 0) is 26.3 Å². The van der Waals surface area contributed by atoms with Crippen molar-refractivity contribution >= 4 is 0 Å². The lowest BCUT2D eigenvalue weighted by Gasteiger charge is -2.33. The van der Waals surface area contributed by atoms with Gasteiger partial charge < -0.3 is 14.0 Å². The third-order valence-corrected chi connectivity index (χ3v) is 4.61. The lowest BCUT2D eigenvalue weighted by molar-refractivity contribution is -0.0245. The molecule has 0 amide bonds. The average Bonchev–Trinajstić information content (AvgIpc) is 3.10. The molecule has 0 saturated carbocycles. The van der Waals surface area contributed by atoms with E-state index in [0.29, 0.717) is 24.9 Å². The number of nitrogens with zero attached hydrogens (tertiary/aromatic N) is 3. The van der Waals surface area contributed by atoms with E-state index in [1.54, 1.807) is 0 Å². The lowest BCUT2D eigenvalue weighted by atomic mass is 10.00. The minimum atomic E-state index is -0.132. The van der Waals surface area contributed by atoms with E-state index in [-0.39, 0.29) is 11.6 Å². The molecule has 0 N–H and O–H groups in total. The molecule has 1 atom stereocenters. The zero-order chi connectivity index (χ0) is 16.7. The minimum Gasteiger partial charge on any atom is -0.487 e. The number of aryl methyl sites for hydroxylation is 1. The van der Waals surface area contributed by atoms with Crippen LogP contribution in [0.15, 0.2) is 22.7 Å². The van der Waals surface area contributed by atoms with Crippen molar-refractivity contribution in [3.63, 3.8) is 0 Å². The molecule has 1 fully saturated rings. The summed E-state index contributed by atoms with van der Waals surface area (Å²) < 4.78 is 17.2. The molecule has 0 spiro atoms. The zero-order valence-corrected chi connectivity index (χ0v) is 14.4. The van der Waals surface area contributed by atoms with Crippen molar-refractivity contribution in [1.29, 1.82) is 0 Å². The fourth-order valence-corrected chi connectivity index (χ4v) is 3.53.